The van der Waals surface area contributed by atoms with Crippen LogP contribution in [0.5, 0.6) is 0 Å². The third-order valence-electron chi connectivity index (χ3n) is 5.87. The Morgan fingerprint density at radius 2 is 2.04 bits per heavy atom. The van der Waals surface area contributed by atoms with E-state index in [1.807, 2.05) is 10.3 Å². The van der Waals surface area contributed by atoms with E-state index in [1.165, 1.54) is 17.7 Å². The summed E-state index contributed by atoms with van der Waals surface area (Å²) in [6.45, 7) is 3.83. The second-order valence-corrected chi connectivity index (χ2v) is 8.29. The van der Waals surface area contributed by atoms with E-state index >= 15 is 0 Å². The van der Waals surface area contributed by atoms with Crippen LogP contribution >= 0.6 is 11.9 Å². The molecule has 2 aromatic rings. The van der Waals surface area contributed by atoms with Gasteiger partial charge in [-0.1, -0.05) is 6.92 Å². The van der Waals surface area contributed by atoms with Crippen molar-refractivity contribution in [2.24, 2.45) is 11.7 Å². The van der Waals surface area contributed by atoms with Gasteiger partial charge in [0.25, 0.3) is 0 Å². The molecule has 1 aliphatic heterocycles. The quantitative estimate of drug-likeness (QED) is 0.888. The van der Waals surface area contributed by atoms with Crippen molar-refractivity contribution in [1.29, 1.82) is 0 Å². The van der Waals surface area contributed by atoms with E-state index in [9.17, 15) is 8.78 Å². The monoisotopic (exact) mass is 378 g/mol. The molecule has 1 saturated carbocycles. The van der Waals surface area contributed by atoms with Crippen LogP contribution in [0.15, 0.2) is 24.4 Å². The van der Waals surface area contributed by atoms with Gasteiger partial charge in [-0.05, 0) is 54.5 Å². The van der Waals surface area contributed by atoms with E-state index < -0.39 is 5.82 Å². The lowest BCUT2D eigenvalue weighted by Crippen LogP contribution is -2.47. The number of benzene rings is 1. The zero-order valence-electron chi connectivity index (χ0n) is 15.0. The second kappa shape index (κ2) is 6.94. The minimum atomic E-state index is -0.404. The van der Waals surface area contributed by atoms with E-state index in [0.717, 1.165) is 37.7 Å². The van der Waals surface area contributed by atoms with E-state index in [2.05, 4.69) is 23.1 Å². The van der Waals surface area contributed by atoms with Crippen LogP contribution in [0.3, 0.4) is 0 Å². The number of rotatable bonds is 3. The van der Waals surface area contributed by atoms with Gasteiger partial charge in [-0.25, -0.2) is 12.9 Å². The van der Waals surface area contributed by atoms with E-state index in [-0.39, 0.29) is 23.7 Å². The molecule has 0 saturated heterocycles. The second-order valence-electron chi connectivity index (χ2n) is 7.55. The first-order valence-electron chi connectivity index (χ1n) is 9.02. The molecule has 0 bridgehead atoms. The molecule has 2 N–H and O–H groups in total. The molecule has 1 aromatic heterocycles. The number of hydrogen-bond donors (Lipinski definition) is 1. The summed E-state index contributed by atoms with van der Waals surface area (Å²) in [5.74, 6) is -0.713. The van der Waals surface area contributed by atoms with Crippen molar-refractivity contribution < 1.29 is 8.78 Å². The first-order chi connectivity index (χ1) is 12.5. The number of nitrogens with two attached hydrogens (primary N) is 1. The lowest BCUT2D eigenvalue weighted by atomic mass is 9.71. The summed E-state index contributed by atoms with van der Waals surface area (Å²) in [5.41, 5.74) is 9.30. The van der Waals surface area contributed by atoms with Gasteiger partial charge in [0.15, 0.2) is 0 Å². The Labute approximate surface area is 156 Å². The smallest absolute Gasteiger partial charge is 0.126 e. The lowest BCUT2D eigenvalue weighted by molar-refractivity contribution is 0.108. The predicted molar refractivity (Wildman–Crippen MR) is 99.6 cm³/mol. The predicted octanol–water partition coefficient (Wildman–Crippen LogP) is 3.51. The molecule has 4 atom stereocenters. The molecule has 7 heteroatoms. The maximum atomic E-state index is 14.3. The van der Waals surface area contributed by atoms with Crippen LogP contribution in [0.25, 0.3) is 0 Å². The molecular formula is C19H24F2N4S. The maximum Gasteiger partial charge on any atom is 0.126 e. The molecule has 4 nitrogen and oxygen atoms in total. The average molecular weight is 378 g/mol. The zero-order valence-corrected chi connectivity index (χ0v) is 15.8. The summed E-state index contributed by atoms with van der Waals surface area (Å²) in [4.78, 5) is 2.43. The zero-order chi connectivity index (χ0) is 18.4. The molecular weight excluding hydrogens is 354 g/mol. The number of halogens is 2. The molecule has 0 amide bonds. The number of nitrogens with zero attached hydrogens (tertiary/aromatic N) is 3. The summed E-state index contributed by atoms with van der Waals surface area (Å²) in [6, 6.07) is 3.85. The van der Waals surface area contributed by atoms with Gasteiger partial charge >= 0.3 is 0 Å². The Morgan fingerprint density at radius 1 is 1.23 bits per heavy atom. The van der Waals surface area contributed by atoms with Crippen LogP contribution < -0.4 is 5.73 Å². The minimum absolute atomic E-state index is 0.146. The Hall–Kier alpha value is -1.44. The topological polar surface area (TPSA) is 47.1 Å². The molecule has 26 heavy (non-hydrogen) atoms. The molecule has 1 fully saturated rings. The van der Waals surface area contributed by atoms with Crippen molar-refractivity contribution in [2.75, 3.05) is 6.26 Å². The highest BCUT2D eigenvalue weighted by atomic mass is 32.2. The molecule has 0 radical (unpaired) electrons. The molecule has 1 aromatic carbocycles. The summed E-state index contributed by atoms with van der Waals surface area (Å²) in [6.07, 6.45) is 5.82. The molecule has 2 aliphatic rings. The van der Waals surface area contributed by atoms with Crippen LogP contribution in [-0.4, -0.2) is 32.4 Å². The molecule has 140 valence electrons. The highest BCUT2D eigenvalue weighted by molar-refractivity contribution is 7.97. The summed E-state index contributed by atoms with van der Waals surface area (Å²) in [5, 5.41) is 4.59. The lowest BCUT2D eigenvalue weighted by Gasteiger charge is -2.42. The van der Waals surface area contributed by atoms with Crippen LogP contribution in [0, 0.1) is 17.6 Å². The van der Waals surface area contributed by atoms with Gasteiger partial charge in [0.05, 0.1) is 5.69 Å². The third kappa shape index (κ3) is 3.17. The van der Waals surface area contributed by atoms with Crippen molar-refractivity contribution >= 4 is 11.9 Å². The maximum absolute atomic E-state index is 14.3. The van der Waals surface area contributed by atoms with Gasteiger partial charge in [-0.15, -0.1) is 0 Å². The highest BCUT2D eigenvalue weighted by Gasteiger charge is 2.40. The van der Waals surface area contributed by atoms with E-state index in [0.29, 0.717) is 11.6 Å². The van der Waals surface area contributed by atoms with Gasteiger partial charge in [0.1, 0.15) is 11.6 Å². The summed E-state index contributed by atoms with van der Waals surface area (Å²) < 4.78 is 29.8. The Kier molecular flexibility index (Phi) is 4.79. The third-order valence-corrected chi connectivity index (χ3v) is 6.43. The normalized spacial score (nSPS) is 29.1. The largest absolute Gasteiger partial charge is 0.327 e. The molecule has 4 rings (SSSR count). The fourth-order valence-electron chi connectivity index (χ4n) is 4.66. The van der Waals surface area contributed by atoms with Crippen molar-refractivity contribution in [3.8, 4) is 0 Å². The summed E-state index contributed by atoms with van der Waals surface area (Å²) in [7, 11) is 0. The van der Waals surface area contributed by atoms with Crippen molar-refractivity contribution in [3.63, 3.8) is 0 Å². The Morgan fingerprint density at radius 3 is 2.73 bits per heavy atom. The van der Waals surface area contributed by atoms with Crippen LogP contribution in [0.2, 0.25) is 0 Å². The summed E-state index contributed by atoms with van der Waals surface area (Å²) >= 11 is 1.59. The average Bonchev–Trinajstić information content (AvgIpc) is 3.15. The van der Waals surface area contributed by atoms with Gasteiger partial charge in [0, 0.05) is 49.1 Å². The van der Waals surface area contributed by atoms with Gasteiger partial charge < -0.3 is 5.73 Å². The first-order valence-corrected chi connectivity index (χ1v) is 10.2. The first kappa shape index (κ1) is 17.9. The van der Waals surface area contributed by atoms with Crippen LogP contribution in [0.4, 0.5) is 8.78 Å². The minimum Gasteiger partial charge on any atom is -0.327 e. The van der Waals surface area contributed by atoms with E-state index in [4.69, 9.17) is 5.73 Å². The molecule has 1 aliphatic carbocycles. The van der Waals surface area contributed by atoms with Gasteiger partial charge in [0.2, 0.25) is 0 Å². The SMILES string of the molecule is CSn1cc2c(n1)CN(C1CC(N)[C@@H](c3cc(F)ccc3F)[C@@H](C)C1)C2. The van der Waals surface area contributed by atoms with Crippen molar-refractivity contribution in [1.82, 2.24) is 14.1 Å². The van der Waals surface area contributed by atoms with E-state index in [1.54, 1.807) is 11.9 Å². The molecule has 2 heterocycles. The van der Waals surface area contributed by atoms with Gasteiger partial charge in [-0.3, -0.25) is 4.90 Å². The van der Waals surface area contributed by atoms with Crippen LogP contribution in [-0.2, 0) is 13.1 Å². The standard InChI is InChI=1S/C19H24F2N4S/c1-11-5-14(24-8-12-9-25(26-2)23-18(12)10-24)7-17(22)19(11)15-6-13(20)3-4-16(15)21/h3-4,6,9,11,14,17,19H,5,7-8,10,22H2,1-2H3/t11-,14?,17?,19+/m0/s1. The fourth-order valence-corrected chi connectivity index (χ4v) is 5.08. The number of aromatic nitrogens is 2. The highest BCUT2D eigenvalue weighted by Crippen LogP contribution is 2.41. The Bertz CT molecular complexity index is 773. The van der Waals surface area contributed by atoms with Gasteiger partial charge in [-0.2, -0.15) is 5.10 Å². The van der Waals surface area contributed by atoms with Crippen molar-refractivity contribution in [3.05, 3.63) is 52.9 Å². The molecule has 0 spiro atoms. The van der Waals surface area contributed by atoms with Crippen LogP contribution in [0.1, 0.15) is 42.5 Å². The number of hydrogen-bond acceptors (Lipinski definition) is 4. The molecule has 2 unspecified atom stereocenters. The fraction of sp³-hybridized carbons (Fsp3) is 0.526. The Balaban J connectivity index is 1.49. The number of fused-ring (bicyclic) bond motifs is 1. The van der Waals surface area contributed by atoms with Crippen molar-refractivity contribution in [2.45, 2.75) is 50.9 Å².